The smallest absolute Gasteiger partial charge is 0.145 e. The van der Waals surface area contributed by atoms with Gasteiger partial charge in [-0.25, -0.2) is 4.98 Å². The molecule has 2 rings (SSSR count). The average Bonchev–Trinajstić information content (AvgIpc) is 2.75. The van der Waals surface area contributed by atoms with Crippen LogP contribution in [0.2, 0.25) is 0 Å². The van der Waals surface area contributed by atoms with Crippen LogP contribution in [0.4, 0.5) is 0 Å². The van der Waals surface area contributed by atoms with Gasteiger partial charge in [-0.15, -0.1) is 23.5 Å². The van der Waals surface area contributed by atoms with Crippen LogP contribution in [0.1, 0.15) is 47.4 Å². The minimum Gasteiger partial charge on any atom is -0.337 e. The molecular formula is C17H24N2S2. The fourth-order valence-electron chi connectivity index (χ4n) is 1.76. The molecule has 2 nitrogen and oxygen atoms in total. The van der Waals surface area contributed by atoms with Gasteiger partial charge in [0.05, 0.1) is 15.9 Å². The second-order valence-electron chi connectivity index (χ2n) is 7.03. The molecule has 114 valence electrons. The summed E-state index contributed by atoms with van der Waals surface area (Å²) < 4.78 is 0.360. The Labute approximate surface area is 136 Å². The molecule has 0 bridgehead atoms. The van der Waals surface area contributed by atoms with E-state index in [0.717, 1.165) is 16.9 Å². The maximum atomic E-state index is 4.74. The predicted octanol–water partition coefficient (Wildman–Crippen LogP) is 5.92. The number of aromatic amines is 1. The highest BCUT2D eigenvalue weighted by Gasteiger charge is 2.19. The molecule has 0 radical (unpaired) electrons. The Kier molecular flexibility index (Phi) is 4.79. The van der Waals surface area contributed by atoms with E-state index in [0.29, 0.717) is 0 Å². The van der Waals surface area contributed by atoms with Crippen LogP contribution in [0.25, 0.3) is 15.9 Å². The number of para-hydroxylation sites is 2. The summed E-state index contributed by atoms with van der Waals surface area (Å²) in [6, 6.07) is 8.18. The lowest BCUT2D eigenvalue weighted by atomic mass is 10.3. The van der Waals surface area contributed by atoms with Crippen LogP contribution in [0.3, 0.4) is 0 Å². The lowest BCUT2D eigenvalue weighted by Gasteiger charge is -2.20. The number of fused-ring (bicyclic) bond motifs is 1. The lowest BCUT2D eigenvalue weighted by molar-refractivity contribution is 0.806. The van der Waals surface area contributed by atoms with Crippen molar-refractivity contribution in [1.82, 2.24) is 9.97 Å². The molecule has 0 amide bonds. The van der Waals surface area contributed by atoms with Gasteiger partial charge in [-0.3, -0.25) is 0 Å². The van der Waals surface area contributed by atoms with E-state index in [-0.39, 0.29) is 9.49 Å². The van der Waals surface area contributed by atoms with Crippen LogP contribution >= 0.6 is 23.5 Å². The van der Waals surface area contributed by atoms with Crippen LogP contribution < -0.4 is 0 Å². The monoisotopic (exact) mass is 320 g/mol. The highest BCUT2D eigenvalue weighted by atomic mass is 32.2. The van der Waals surface area contributed by atoms with E-state index in [9.17, 15) is 0 Å². The molecular weight excluding hydrogens is 296 g/mol. The van der Waals surface area contributed by atoms with Crippen LogP contribution in [-0.4, -0.2) is 19.5 Å². The van der Waals surface area contributed by atoms with Crippen LogP contribution in [-0.2, 0) is 0 Å². The van der Waals surface area contributed by atoms with Crippen LogP contribution in [0, 0.1) is 0 Å². The number of hydrogen-bond acceptors (Lipinski definition) is 3. The third kappa shape index (κ3) is 5.11. The molecule has 1 aromatic carbocycles. The van der Waals surface area contributed by atoms with Gasteiger partial charge in [0.25, 0.3) is 0 Å². The van der Waals surface area contributed by atoms with E-state index < -0.39 is 0 Å². The summed E-state index contributed by atoms with van der Waals surface area (Å²) >= 11 is 3.70. The summed E-state index contributed by atoms with van der Waals surface area (Å²) in [5.74, 6) is 0.966. The number of thioether (sulfide) groups is 2. The zero-order valence-electron chi connectivity index (χ0n) is 13.7. The molecule has 0 saturated carbocycles. The molecule has 0 fully saturated rings. The summed E-state index contributed by atoms with van der Waals surface area (Å²) in [5, 5.41) is 2.24. The van der Waals surface area contributed by atoms with Gasteiger partial charge in [-0.05, 0) is 17.5 Å². The Bertz CT molecular complexity index is 610. The molecule has 0 saturated heterocycles. The van der Waals surface area contributed by atoms with Crippen molar-refractivity contribution in [3.8, 4) is 0 Å². The fourth-order valence-corrected chi connectivity index (χ4v) is 3.52. The molecule has 0 atom stereocenters. The highest BCUT2D eigenvalue weighted by molar-refractivity contribution is 8.11. The molecule has 21 heavy (non-hydrogen) atoms. The maximum absolute atomic E-state index is 4.74. The average molecular weight is 321 g/mol. The molecule has 0 spiro atoms. The third-order valence-electron chi connectivity index (χ3n) is 2.56. The van der Waals surface area contributed by atoms with Crippen LogP contribution in [0.5, 0.6) is 0 Å². The SMILES string of the molecule is CC(C)(C)SC=C(SC(C)(C)C)c1nc2ccccc2[nH]1. The maximum Gasteiger partial charge on any atom is 0.145 e. The second-order valence-corrected chi connectivity index (χ2v) is 10.6. The number of imidazole rings is 1. The van der Waals surface area contributed by atoms with Crippen molar-refractivity contribution in [3.63, 3.8) is 0 Å². The van der Waals surface area contributed by atoms with Crippen molar-refractivity contribution in [3.05, 3.63) is 35.5 Å². The van der Waals surface area contributed by atoms with E-state index in [1.807, 2.05) is 41.7 Å². The first-order valence-electron chi connectivity index (χ1n) is 7.16. The molecule has 1 N–H and O–H groups in total. The molecule has 0 unspecified atom stereocenters. The number of H-pyrrole nitrogens is 1. The molecule has 1 heterocycles. The van der Waals surface area contributed by atoms with Gasteiger partial charge < -0.3 is 4.98 Å². The third-order valence-corrected chi connectivity index (χ3v) is 4.91. The first-order chi connectivity index (χ1) is 9.64. The molecule has 0 aliphatic rings. The van der Waals surface area contributed by atoms with Gasteiger partial charge in [-0.1, -0.05) is 53.7 Å². The Morgan fingerprint density at radius 3 is 2.29 bits per heavy atom. The van der Waals surface area contributed by atoms with Gasteiger partial charge in [-0.2, -0.15) is 0 Å². The summed E-state index contributed by atoms with van der Waals surface area (Å²) in [6.07, 6.45) is 0. The second kappa shape index (κ2) is 6.09. The van der Waals surface area contributed by atoms with Gasteiger partial charge in [0.15, 0.2) is 0 Å². The van der Waals surface area contributed by atoms with E-state index in [4.69, 9.17) is 4.98 Å². The zero-order valence-corrected chi connectivity index (χ0v) is 15.3. The standard InChI is InChI=1S/C17H24N2S2/c1-16(2,3)20-11-14(21-17(4,5)6)15-18-12-9-7-8-10-13(12)19-15/h7-11H,1-6H3,(H,18,19). The predicted molar refractivity (Wildman–Crippen MR) is 98.8 cm³/mol. The van der Waals surface area contributed by atoms with Crippen molar-refractivity contribution in [2.75, 3.05) is 0 Å². The Hall–Kier alpha value is -0.870. The number of benzene rings is 1. The highest BCUT2D eigenvalue weighted by Crippen LogP contribution is 2.40. The molecule has 4 heteroatoms. The largest absolute Gasteiger partial charge is 0.337 e. The topological polar surface area (TPSA) is 28.7 Å². The molecule has 2 aromatic rings. The minimum absolute atomic E-state index is 0.156. The zero-order chi connectivity index (χ0) is 15.7. The van der Waals surface area contributed by atoms with Crippen molar-refractivity contribution in [2.24, 2.45) is 0 Å². The fraction of sp³-hybridized carbons (Fsp3) is 0.471. The Morgan fingerprint density at radius 2 is 1.71 bits per heavy atom. The summed E-state index contributed by atoms with van der Waals surface area (Å²) in [4.78, 5) is 9.39. The number of hydrogen-bond donors (Lipinski definition) is 1. The molecule has 0 aliphatic carbocycles. The lowest BCUT2D eigenvalue weighted by Crippen LogP contribution is -2.09. The number of nitrogens with zero attached hydrogens (tertiary/aromatic N) is 1. The van der Waals surface area contributed by atoms with Crippen molar-refractivity contribution < 1.29 is 0 Å². The first kappa shape index (κ1) is 16.5. The minimum atomic E-state index is 0.156. The van der Waals surface area contributed by atoms with Gasteiger partial charge in [0.2, 0.25) is 0 Å². The summed E-state index contributed by atoms with van der Waals surface area (Å²) in [5.41, 5.74) is 2.11. The van der Waals surface area contributed by atoms with Gasteiger partial charge in [0.1, 0.15) is 5.82 Å². The molecule has 0 aliphatic heterocycles. The molecule has 1 aromatic heterocycles. The van der Waals surface area contributed by atoms with Gasteiger partial charge in [0, 0.05) is 9.49 Å². The van der Waals surface area contributed by atoms with E-state index >= 15 is 0 Å². The number of rotatable bonds is 3. The van der Waals surface area contributed by atoms with Gasteiger partial charge >= 0.3 is 0 Å². The Balaban J connectivity index is 2.38. The normalized spacial score (nSPS) is 13.9. The van der Waals surface area contributed by atoms with E-state index in [1.165, 1.54) is 4.91 Å². The summed E-state index contributed by atoms with van der Waals surface area (Å²) in [7, 11) is 0. The summed E-state index contributed by atoms with van der Waals surface area (Å²) in [6.45, 7) is 13.4. The number of nitrogens with one attached hydrogen (secondary N) is 1. The van der Waals surface area contributed by atoms with Crippen molar-refractivity contribution >= 4 is 39.5 Å². The Morgan fingerprint density at radius 1 is 1.05 bits per heavy atom. The number of aromatic nitrogens is 2. The van der Waals surface area contributed by atoms with E-state index in [1.54, 1.807) is 0 Å². The van der Waals surface area contributed by atoms with Crippen LogP contribution in [0.15, 0.2) is 29.7 Å². The van der Waals surface area contributed by atoms with Crippen molar-refractivity contribution in [2.45, 2.75) is 51.0 Å². The first-order valence-corrected chi connectivity index (χ1v) is 8.86. The quantitative estimate of drug-likeness (QED) is 0.760. The van der Waals surface area contributed by atoms with E-state index in [2.05, 4.69) is 58.0 Å². The van der Waals surface area contributed by atoms with Crippen molar-refractivity contribution in [1.29, 1.82) is 0 Å².